The Morgan fingerprint density at radius 3 is 2.83 bits per heavy atom. The van der Waals surface area contributed by atoms with Gasteiger partial charge in [0.15, 0.2) is 5.96 Å². The van der Waals surface area contributed by atoms with E-state index < -0.39 is 10.8 Å². The molecule has 3 rings (SSSR count). The predicted octanol–water partition coefficient (Wildman–Crippen LogP) is 3.38. The molecule has 0 bridgehead atoms. The van der Waals surface area contributed by atoms with E-state index in [1.165, 1.54) is 5.69 Å². The zero-order valence-electron chi connectivity index (χ0n) is 18.4. The molecule has 8 heteroatoms. The summed E-state index contributed by atoms with van der Waals surface area (Å²) in [6, 6.07) is 8.60. The molecule has 4 atom stereocenters. The van der Waals surface area contributed by atoms with Gasteiger partial charge < -0.3 is 20.3 Å². The highest BCUT2D eigenvalue weighted by molar-refractivity contribution is 14.0. The summed E-state index contributed by atoms with van der Waals surface area (Å²) in [7, 11) is 2.86. The Labute approximate surface area is 201 Å². The average molecular weight is 549 g/mol. The first kappa shape index (κ1) is 25.2. The van der Waals surface area contributed by atoms with E-state index in [1.807, 2.05) is 26.1 Å². The van der Waals surface area contributed by atoms with Crippen molar-refractivity contribution in [3.63, 3.8) is 0 Å². The summed E-state index contributed by atoms with van der Waals surface area (Å²) in [6.45, 7) is 4.99. The number of para-hydroxylation sites is 2. The van der Waals surface area contributed by atoms with Crippen molar-refractivity contribution in [2.24, 2.45) is 10.9 Å². The summed E-state index contributed by atoms with van der Waals surface area (Å²) >= 11 is 0. The van der Waals surface area contributed by atoms with Crippen molar-refractivity contribution >= 4 is 46.4 Å². The Kier molecular flexibility index (Phi) is 10.7. The van der Waals surface area contributed by atoms with Gasteiger partial charge in [-0.2, -0.15) is 0 Å². The lowest BCUT2D eigenvalue weighted by atomic mass is 9.95. The van der Waals surface area contributed by atoms with Crippen LogP contribution in [-0.2, 0) is 10.8 Å². The third kappa shape index (κ3) is 6.73. The molecule has 2 aliphatic rings. The molecule has 1 saturated heterocycles. The van der Waals surface area contributed by atoms with Gasteiger partial charge in [-0.15, -0.1) is 24.0 Å². The summed E-state index contributed by atoms with van der Waals surface area (Å²) in [5.74, 6) is 3.14. The van der Waals surface area contributed by atoms with Gasteiger partial charge in [-0.3, -0.25) is 9.20 Å². The first-order valence-electron chi connectivity index (χ1n) is 10.9. The fraction of sp³-hybridized carbons (Fsp3) is 0.682. The van der Waals surface area contributed by atoms with E-state index in [4.69, 9.17) is 4.74 Å². The Morgan fingerprint density at radius 2 is 2.10 bits per heavy atom. The zero-order chi connectivity index (χ0) is 20.6. The fourth-order valence-electron chi connectivity index (χ4n) is 4.49. The Balaban J connectivity index is 0.00000320. The molecule has 1 heterocycles. The lowest BCUT2D eigenvalue weighted by molar-refractivity contribution is 0.412. The van der Waals surface area contributed by atoms with Crippen molar-refractivity contribution in [2.75, 3.05) is 44.4 Å². The number of halogens is 1. The molecule has 30 heavy (non-hydrogen) atoms. The normalized spacial score (nSPS) is 25.4. The molecule has 0 spiro atoms. The van der Waals surface area contributed by atoms with Crippen LogP contribution < -0.4 is 20.3 Å². The van der Waals surface area contributed by atoms with Gasteiger partial charge in [0, 0.05) is 54.5 Å². The van der Waals surface area contributed by atoms with Crippen molar-refractivity contribution < 1.29 is 8.95 Å². The van der Waals surface area contributed by atoms with Crippen molar-refractivity contribution in [3.05, 3.63) is 24.3 Å². The topological polar surface area (TPSA) is 66.0 Å². The van der Waals surface area contributed by atoms with E-state index in [0.717, 1.165) is 69.2 Å². The second-order valence-electron chi connectivity index (χ2n) is 8.02. The van der Waals surface area contributed by atoms with Crippen molar-refractivity contribution in [1.29, 1.82) is 0 Å². The number of hydrogen-bond acceptors (Lipinski definition) is 4. The molecule has 6 nitrogen and oxygen atoms in total. The van der Waals surface area contributed by atoms with Crippen molar-refractivity contribution in [2.45, 2.75) is 50.3 Å². The van der Waals surface area contributed by atoms with E-state index in [0.29, 0.717) is 17.2 Å². The highest BCUT2D eigenvalue weighted by atomic mass is 127. The maximum atomic E-state index is 12.2. The molecule has 0 radical (unpaired) electrons. The molecule has 0 amide bonds. The number of aliphatic imine (C=N–C) groups is 1. The maximum absolute atomic E-state index is 12.2. The van der Waals surface area contributed by atoms with Gasteiger partial charge in [0.25, 0.3) is 0 Å². The summed E-state index contributed by atoms with van der Waals surface area (Å²) in [5, 5.41) is 7.42. The largest absolute Gasteiger partial charge is 0.495 e. The first-order valence-corrected chi connectivity index (χ1v) is 12.2. The number of ether oxygens (including phenoxy) is 1. The number of nitrogens with one attached hydrogen (secondary N) is 2. The van der Waals surface area contributed by atoms with E-state index >= 15 is 0 Å². The number of rotatable bonds is 7. The smallest absolute Gasteiger partial charge is 0.191 e. The second kappa shape index (κ2) is 12.7. The van der Waals surface area contributed by atoms with Crippen LogP contribution in [0.1, 0.15) is 39.0 Å². The van der Waals surface area contributed by atoms with Crippen LogP contribution in [0.2, 0.25) is 0 Å². The molecule has 170 valence electrons. The van der Waals surface area contributed by atoms with E-state index in [1.54, 1.807) is 7.11 Å². The SMILES string of the molecule is CCS(=O)C1CCCC(NC(=NC)NCC2CCN(c3ccccc3OC)C2)C1.I. The molecule has 4 unspecified atom stereocenters. The van der Waals surface area contributed by atoms with Crippen LogP contribution in [-0.4, -0.2) is 61.0 Å². The van der Waals surface area contributed by atoms with Gasteiger partial charge >= 0.3 is 0 Å². The molecule has 1 aliphatic carbocycles. The number of anilines is 1. The quantitative estimate of drug-likeness (QED) is 0.311. The highest BCUT2D eigenvalue weighted by Crippen LogP contribution is 2.31. The zero-order valence-corrected chi connectivity index (χ0v) is 21.6. The van der Waals surface area contributed by atoms with Gasteiger partial charge in [0.2, 0.25) is 0 Å². The standard InChI is InChI=1S/C22H36N4O2S.HI/c1-4-29(27)19-9-7-8-18(14-19)25-22(23-2)24-15-17-12-13-26(16-17)20-10-5-6-11-21(20)28-3;/h5-6,10-11,17-19H,4,7-9,12-16H2,1-3H3,(H2,23,24,25);1H. The van der Waals surface area contributed by atoms with Crippen molar-refractivity contribution in [1.82, 2.24) is 10.6 Å². The summed E-state index contributed by atoms with van der Waals surface area (Å²) in [5.41, 5.74) is 1.18. The van der Waals surface area contributed by atoms with Crippen LogP contribution >= 0.6 is 24.0 Å². The highest BCUT2D eigenvalue weighted by Gasteiger charge is 2.27. The molecule has 1 aromatic carbocycles. The van der Waals surface area contributed by atoms with Gasteiger partial charge in [-0.05, 0) is 43.7 Å². The Morgan fingerprint density at radius 1 is 1.30 bits per heavy atom. The number of nitrogens with zero attached hydrogens (tertiary/aromatic N) is 2. The third-order valence-electron chi connectivity index (χ3n) is 6.12. The Hall–Kier alpha value is -1.03. The molecule has 2 N–H and O–H groups in total. The van der Waals surface area contributed by atoms with E-state index in [9.17, 15) is 4.21 Å². The summed E-state index contributed by atoms with van der Waals surface area (Å²) < 4.78 is 17.7. The fourth-order valence-corrected chi connectivity index (χ4v) is 5.84. The molecule has 0 aromatic heterocycles. The Bertz CT molecular complexity index is 718. The second-order valence-corrected chi connectivity index (χ2v) is 10.0. The number of benzene rings is 1. The number of guanidine groups is 1. The monoisotopic (exact) mass is 548 g/mol. The molecule has 1 aromatic rings. The minimum Gasteiger partial charge on any atom is -0.495 e. The summed E-state index contributed by atoms with van der Waals surface area (Å²) in [4.78, 5) is 6.83. The number of hydrogen-bond donors (Lipinski definition) is 2. The maximum Gasteiger partial charge on any atom is 0.191 e. The average Bonchev–Trinajstić information content (AvgIpc) is 3.25. The minimum atomic E-state index is -0.698. The lowest BCUT2D eigenvalue weighted by Crippen LogP contribution is -2.47. The van der Waals surface area contributed by atoms with Crippen molar-refractivity contribution in [3.8, 4) is 5.75 Å². The van der Waals surface area contributed by atoms with Gasteiger partial charge in [0.1, 0.15) is 5.75 Å². The lowest BCUT2D eigenvalue weighted by Gasteiger charge is -2.30. The molecular weight excluding hydrogens is 511 g/mol. The molecular formula is C22H37IN4O2S. The van der Waals surface area contributed by atoms with Crippen LogP contribution in [0.3, 0.4) is 0 Å². The first-order chi connectivity index (χ1) is 14.1. The van der Waals surface area contributed by atoms with Crippen LogP contribution in [0.25, 0.3) is 0 Å². The number of methoxy groups -OCH3 is 1. The van der Waals surface area contributed by atoms with E-state index in [2.05, 4.69) is 32.7 Å². The van der Waals surface area contributed by atoms with Crippen LogP contribution in [0.5, 0.6) is 5.75 Å². The molecule has 1 aliphatic heterocycles. The molecule has 2 fully saturated rings. The third-order valence-corrected chi connectivity index (χ3v) is 7.86. The van der Waals surface area contributed by atoms with Gasteiger partial charge in [-0.25, -0.2) is 0 Å². The van der Waals surface area contributed by atoms with Gasteiger partial charge in [-0.1, -0.05) is 25.5 Å². The minimum absolute atomic E-state index is 0. The predicted molar refractivity (Wildman–Crippen MR) is 138 cm³/mol. The van der Waals surface area contributed by atoms with Crippen LogP contribution in [0.15, 0.2) is 29.3 Å². The van der Waals surface area contributed by atoms with Crippen LogP contribution in [0, 0.1) is 5.92 Å². The van der Waals surface area contributed by atoms with Gasteiger partial charge in [0.05, 0.1) is 12.8 Å². The van der Waals surface area contributed by atoms with Crippen LogP contribution in [0.4, 0.5) is 5.69 Å². The summed E-state index contributed by atoms with van der Waals surface area (Å²) in [6.07, 6.45) is 5.49. The van der Waals surface area contributed by atoms with E-state index in [-0.39, 0.29) is 24.0 Å². The molecule has 1 saturated carbocycles.